The second-order valence-electron chi connectivity index (χ2n) is 6.20. The first-order chi connectivity index (χ1) is 11.0. The first-order valence-corrected chi connectivity index (χ1v) is 8.82. The molecule has 1 atom stereocenters. The van der Waals surface area contributed by atoms with Gasteiger partial charge in [0.25, 0.3) is 0 Å². The molecule has 1 aromatic rings. The van der Waals surface area contributed by atoms with E-state index in [2.05, 4.69) is 6.92 Å². The zero-order valence-corrected chi connectivity index (χ0v) is 16.2. The fraction of sp³-hybridized carbons (Fsp3) is 0.588. The maximum atomic E-state index is 12.3. The van der Waals surface area contributed by atoms with E-state index < -0.39 is 0 Å². The highest BCUT2D eigenvalue weighted by Crippen LogP contribution is 2.32. The van der Waals surface area contributed by atoms with Crippen LogP contribution in [0.4, 0.5) is 0 Å². The third-order valence-corrected chi connectivity index (χ3v) is 5.34. The van der Waals surface area contributed by atoms with Crippen LogP contribution in [0.5, 0.6) is 11.5 Å². The van der Waals surface area contributed by atoms with Gasteiger partial charge >= 0.3 is 0 Å². The van der Waals surface area contributed by atoms with Gasteiger partial charge in [-0.25, -0.2) is 0 Å². The lowest BCUT2D eigenvalue weighted by molar-refractivity contribution is -0.130. The number of likely N-dealkylation sites (tertiary alicyclic amines) is 1. The van der Waals surface area contributed by atoms with Gasteiger partial charge in [0.15, 0.2) is 11.5 Å². The molecule has 24 heavy (non-hydrogen) atoms. The second-order valence-corrected chi connectivity index (χ2v) is 7.36. The number of methoxy groups -OCH3 is 2. The Kier molecular flexibility index (Phi) is 8.19. The molecule has 0 aliphatic carbocycles. The molecule has 0 spiro atoms. The van der Waals surface area contributed by atoms with Crippen LogP contribution >= 0.6 is 24.2 Å². The van der Waals surface area contributed by atoms with E-state index in [9.17, 15) is 4.79 Å². The van der Waals surface area contributed by atoms with Crippen molar-refractivity contribution in [3.8, 4) is 11.5 Å². The van der Waals surface area contributed by atoms with Crippen molar-refractivity contribution in [2.45, 2.75) is 24.7 Å². The average Bonchev–Trinajstić information content (AvgIpc) is 2.97. The highest BCUT2D eigenvalue weighted by molar-refractivity contribution is 7.99. The van der Waals surface area contributed by atoms with Gasteiger partial charge < -0.3 is 20.1 Å². The SMILES string of the molecule is COc1ccc(SCCC(=O)N2CCC(C)(CN)C2)cc1OC.Cl. The van der Waals surface area contributed by atoms with Crippen LogP contribution in [0.25, 0.3) is 0 Å². The molecule has 136 valence electrons. The summed E-state index contributed by atoms with van der Waals surface area (Å²) in [5.74, 6) is 2.40. The van der Waals surface area contributed by atoms with Crippen LogP contribution in [0, 0.1) is 5.41 Å². The summed E-state index contributed by atoms with van der Waals surface area (Å²) in [7, 11) is 3.24. The van der Waals surface area contributed by atoms with E-state index in [1.807, 2.05) is 23.1 Å². The van der Waals surface area contributed by atoms with E-state index in [1.165, 1.54) is 0 Å². The highest BCUT2D eigenvalue weighted by Gasteiger charge is 2.34. The Morgan fingerprint density at radius 1 is 1.33 bits per heavy atom. The Morgan fingerprint density at radius 3 is 2.62 bits per heavy atom. The molecule has 1 fully saturated rings. The minimum absolute atomic E-state index is 0. The first kappa shape index (κ1) is 20.9. The molecule has 1 aliphatic rings. The van der Waals surface area contributed by atoms with Crippen LogP contribution in [0.1, 0.15) is 19.8 Å². The number of carbonyl (C=O) groups is 1. The molecule has 2 rings (SSSR count). The quantitative estimate of drug-likeness (QED) is 0.743. The summed E-state index contributed by atoms with van der Waals surface area (Å²) in [6.45, 7) is 4.40. The Hall–Kier alpha value is -1.11. The third-order valence-electron chi connectivity index (χ3n) is 4.34. The number of thioether (sulfide) groups is 1. The van der Waals surface area contributed by atoms with Gasteiger partial charge in [-0.2, -0.15) is 0 Å². The highest BCUT2D eigenvalue weighted by atomic mass is 35.5. The van der Waals surface area contributed by atoms with Gasteiger partial charge in [-0.3, -0.25) is 4.79 Å². The van der Waals surface area contributed by atoms with Gasteiger partial charge in [-0.1, -0.05) is 6.92 Å². The minimum atomic E-state index is 0. The Balaban J connectivity index is 0.00000288. The van der Waals surface area contributed by atoms with Crippen molar-refractivity contribution >= 4 is 30.1 Å². The van der Waals surface area contributed by atoms with Gasteiger partial charge in [-0.15, -0.1) is 24.2 Å². The number of nitrogens with zero attached hydrogens (tertiary/aromatic N) is 1. The predicted octanol–water partition coefficient (Wildman–Crippen LogP) is 2.81. The largest absolute Gasteiger partial charge is 0.493 e. The Bertz CT molecular complexity index is 559. The number of carbonyl (C=O) groups excluding carboxylic acids is 1. The monoisotopic (exact) mass is 374 g/mol. The molecule has 0 saturated carbocycles. The molecule has 0 aromatic heterocycles. The lowest BCUT2D eigenvalue weighted by atomic mass is 9.90. The summed E-state index contributed by atoms with van der Waals surface area (Å²) >= 11 is 1.65. The molecule has 2 N–H and O–H groups in total. The van der Waals surface area contributed by atoms with Gasteiger partial charge in [0.05, 0.1) is 14.2 Å². The number of benzene rings is 1. The molecule has 1 heterocycles. The number of amides is 1. The zero-order chi connectivity index (χ0) is 16.9. The van der Waals surface area contributed by atoms with Gasteiger partial charge in [0.1, 0.15) is 0 Å². The van der Waals surface area contributed by atoms with Crippen molar-refractivity contribution < 1.29 is 14.3 Å². The molecule has 0 radical (unpaired) electrons. The summed E-state index contributed by atoms with van der Waals surface area (Å²) in [6.07, 6.45) is 1.54. The van der Waals surface area contributed by atoms with E-state index in [0.717, 1.165) is 30.2 Å². The summed E-state index contributed by atoms with van der Waals surface area (Å²) in [6, 6.07) is 5.81. The summed E-state index contributed by atoms with van der Waals surface area (Å²) in [5.41, 5.74) is 5.88. The van der Waals surface area contributed by atoms with Crippen LogP contribution in [-0.2, 0) is 4.79 Å². The van der Waals surface area contributed by atoms with Gasteiger partial charge in [0, 0.05) is 30.2 Å². The van der Waals surface area contributed by atoms with Crippen LogP contribution < -0.4 is 15.2 Å². The number of rotatable bonds is 7. The van der Waals surface area contributed by atoms with Crippen molar-refractivity contribution in [2.75, 3.05) is 39.6 Å². The van der Waals surface area contributed by atoms with Crippen molar-refractivity contribution in [1.29, 1.82) is 0 Å². The predicted molar refractivity (Wildman–Crippen MR) is 100 cm³/mol. The molecule has 5 nitrogen and oxygen atoms in total. The van der Waals surface area contributed by atoms with E-state index in [-0.39, 0.29) is 23.7 Å². The number of ether oxygens (including phenoxy) is 2. The number of hydrogen-bond acceptors (Lipinski definition) is 5. The van der Waals surface area contributed by atoms with E-state index in [4.69, 9.17) is 15.2 Å². The fourth-order valence-electron chi connectivity index (χ4n) is 2.72. The van der Waals surface area contributed by atoms with Gasteiger partial charge in [0.2, 0.25) is 5.91 Å². The summed E-state index contributed by atoms with van der Waals surface area (Å²) in [5, 5.41) is 0. The normalized spacial score (nSPS) is 19.8. The third kappa shape index (κ3) is 5.19. The van der Waals surface area contributed by atoms with E-state index in [0.29, 0.717) is 24.5 Å². The lowest BCUT2D eigenvalue weighted by Gasteiger charge is -2.22. The molecular weight excluding hydrogens is 348 g/mol. The van der Waals surface area contributed by atoms with Crippen LogP contribution in [0.3, 0.4) is 0 Å². The summed E-state index contributed by atoms with van der Waals surface area (Å²) in [4.78, 5) is 15.3. The van der Waals surface area contributed by atoms with Crippen molar-refractivity contribution in [3.63, 3.8) is 0 Å². The minimum Gasteiger partial charge on any atom is -0.493 e. The zero-order valence-electron chi connectivity index (χ0n) is 14.5. The maximum Gasteiger partial charge on any atom is 0.223 e. The topological polar surface area (TPSA) is 64.8 Å². The molecule has 7 heteroatoms. The smallest absolute Gasteiger partial charge is 0.223 e. The Morgan fingerprint density at radius 2 is 2.04 bits per heavy atom. The molecule has 1 saturated heterocycles. The average molecular weight is 375 g/mol. The molecule has 1 aromatic carbocycles. The van der Waals surface area contributed by atoms with E-state index in [1.54, 1.807) is 26.0 Å². The molecule has 0 bridgehead atoms. The van der Waals surface area contributed by atoms with Crippen LogP contribution in [0.2, 0.25) is 0 Å². The fourth-order valence-corrected chi connectivity index (χ4v) is 3.59. The van der Waals surface area contributed by atoms with Gasteiger partial charge in [-0.05, 0) is 36.6 Å². The van der Waals surface area contributed by atoms with E-state index >= 15 is 0 Å². The molecule has 1 amide bonds. The summed E-state index contributed by atoms with van der Waals surface area (Å²) < 4.78 is 10.5. The second kappa shape index (κ2) is 9.39. The van der Waals surface area contributed by atoms with Crippen molar-refractivity contribution in [1.82, 2.24) is 4.90 Å². The standard InChI is InChI=1S/C17H26N2O3S.ClH/c1-17(11-18)7-8-19(12-17)16(20)6-9-23-13-4-5-14(21-2)15(10-13)22-3;/h4-5,10H,6-9,11-12,18H2,1-3H3;1H. The number of nitrogens with two attached hydrogens (primary N) is 1. The lowest BCUT2D eigenvalue weighted by Crippen LogP contribution is -2.34. The number of hydrogen-bond donors (Lipinski definition) is 1. The first-order valence-electron chi connectivity index (χ1n) is 7.84. The number of halogens is 1. The van der Waals surface area contributed by atoms with Crippen molar-refractivity contribution in [3.05, 3.63) is 18.2 Å². The van der Waals surface area contributed by atoms with Crippen molar-refractivity contribution in [2.24, 2.45) is 11.1 Å². The molecule has 1 aliphatic heterocycles. The van der Waals surface area contributed by atoms with Crippen LogP contribution in [-0.4, -0.2) is 50.4 Å². The molecule has 1 unspecified atom stereocenters. The van der Waals surface area contributed by atoms with Crippen LogP contribution in [0.15, 0.2) is 23.1 Å². The molecular formula is C17H27ClN2O3S. The Labute approximate surface area is 154 Å². The maximum absolute atomic E-state index is 12.3.